The van der Waals surface area contributed by atoms with E-state index in [4.69, 9.17) is 35.3 Å². The predicted octanol–water partition coefficient (Wildman–Crippen LogP) is -1.73. The van der Waals surface area contributed by atoms with Crippen LogP contribution in [0.1, 0.15) is 0 Å². The topological polar surface area (TPSA) is 330 Å². The number of nitrogens with zero attached hydrogens (tertiary/aromatic N) is 6. The molecule has 4 aromatic rings. The summed E-state index contributed by atoms with van der Waals surface area (Å²) in [5.41, 5.74) is 11.3. The summed E-state index contributed by atoms with van der Waals surface area (Å²) >= 11 is 0. The highest BCUT2D eigenvalue weighted by molar-refractivity contribution is 7.50. The molecule has 23 heteroatoms. The molecule has 240 valence electrons. The zero-order chi connectivity index (χ0) is 30.9. The zero-order valence-electron chi connectivity index (χ0n) is 23.6. The molecule has 44 heavy (non-hydrogen) atoms. The molecule has 0 radical (unpaired) electrons. The van der Waals surface area contributed by atoms with Gasteiger partial charge in [0.1, 0.15) is 26.5 Å². The second kappa shape index (κ2) is 13.6. The van der Waals surface area contributed by atoms with Gasteiger partial charge in [-0.3, -0.25) is 19.6 Å². The zero-order valence-corrected chi connectivity index (χ0v) is 25.3. The van der Waals surface area contributed by atoms with Crippen molar-refractivity contribution in [3.8, 4) is 0 Å². The Bertz CT molecular complexity index is 1800. The lowest BCUT2D eigenvalue weighted by Crippen LogP contribution is -2.22. The molecule has 0 amide bonds. The lowest BCUT2D eigenvalue weighted by molar-refractivity contribution is -0.197. The van der Waals surface area contributed by atoms with Crippen molar-refractivity contribution in [2.45, 2.75) is 37.9 Å². The number of nitrogens with one attached hydrogen (secondary N) is 2. The number of nitrogens with two attached hydrogens (primary N) is 2. The minimum Gasteiger partial charge on any atom is -0.778 e. The van der Waals surface area contributed by atoms with E-state index >= 15 is 0 Å². The van der Waals surface area contributed by atoms with Crippen LogP contribution in [0.4, 0.5) is 11.9 Å². The highest BCUT2D eigenvalue weighted by atomic mass is 31.2. The van der Waals surface area contributed by atoms with Crippen LogP contribution in [0.5, 0.6) is 0 Å². The van der Waals surface area contributed by atoms with Crippen molar-refractivity contribution < 1.29 is 37.9 Å². The van der Waals surface area contributed by atoms with E-state index in [0.717, 1.165) is 0 Å². The average molecular weight is 661 g/mol. The van der Waals surface area contributed by atoms with Gasteiger partial charge in [-0.1, -0.05) is 4.57 Å². The first-order valence-corrected chi connectivity index (χ1v) is 16.4. The third kappa shape index (κ3) is 8.08. The van der Waals surface area contributed by atoms with E-state index in [-0.39, 0.29) is 53.9 Å². The second-order valence-corrected chi connectivity index (χ2v) is 13.0. The number of quaternary nitrogens is 1. The molecule has 2 aliphatic rings. The molecular formula is C21H32N11O10P2+. The fraction of sp³-hybridized carbons (Fsp3) is 0.524. The SMILES string of the molecule is C[P+](=O)CC1OCC(Cn2cnc3c(=O)[nH]c(N)nc32)O1.Nc1nc2c(ncn2CC2COC(CP(=O)([O-])O)O2)c(=O)[nH]1.[NH4+]. The molecule has 0 aliphatic carbocycles. The van der Waals surface area contributed by atoms with E-state index in [2.05, 4.69) is 29.9 Å². The number of hydrogen-bond donors (Lipinski definition) is 6. The van der Waals surface area contributed by atoms with Gasteiger partial charge >= 0.3 is 7.80 Å². The Balaban J connectivity index is 0.000000197. The van der Waals surface area contributed by atoms with E-state index in [9.17, 15) is 23.6 Å². The van der Waals surface area contributed by atoms with Gasteiger partial charge in [0, 0.05) is 0 Å². The number of ether oxygens (including phenoxy) is 4. The summed E-state index contributed by atoms with van der Waals surface area (Å²) in [6.45, 7) is 2.85. The Morgan fingerprint density at radius 3 is 1.89 bits per heavy atom. The van der Waals surface area contributed by atoms with Crippen molar-refractivity contribution in [3.05, 3.63) is 33.4 Å². The molecule has 2 aliphatic heterocycles. The first-order valence-electron chi connectivity index (χ1n) is 12.7. The molecular weight excluding hydrogens is 628 g/mol. The van der Waals surface area contributed by atoms with Crippen molar-refractivity contribution in [2.24, 2.45) is 0 Å². The van der Waals surface area contributed by atoms with Crippen LogP contribution in [0.3, 0.4) is 0 Å². The first kappa shape index (κ1) is 33.2. The van der Waals surface area contributed by atoms with E-state index in [1.54, 1.807) is 15.8 Å². The number of aromatic nitrogens is 8. The fourth-order valence-corrected chi connectivity index (χ4v) is 5.62. The molecule has 0 bridgehead atoms. The molecule has 6 heterocycles. The van der Waals surface area contributed by atoms with Crippen LogP contribution < -0.4 is 33.6 Å². The van der Waals surface area contributed by atoms with E-state index < -0.39 is 45.8 Å². The van der Waals surface area contributed by atoms with Gasteiger partial charge in [0.25, 0.3) is 11.1 Å². The lowest BCUT2D eigenvalue weighted by Gasteiger charge is -2.19. The largest absolute Gasteiger partial charge is 0.778 e. The molecule has 0 aromatic carbocycles. The lowest BCUT2D eigenvalue weighted by atomic mass is 10.4. The highest BCUT2D eigenvalue weighted by Gasteiger charge is 2.32. The molecule has 6 atom stereocenters. The summed E-state index contributed by atoms with van der Waals surface area (Å²) < 4.78 is 46.9. The van der Waals surface area contributed by atoms with Crippen LogP contribution in [0, 0.1) is 0 Å². The van der Waals surface area contributed by atoms with E-state index in [0.29, 0.717) is 30.6 Å². The molecule has 6 rings (SSSR count). The predicted molar refractivity (Wildman–Crippen MR) is 153 cm³/mol. The minimum atomic E-state index is -4.46. The molecule has 0 saturated carbocycles. The number of H-pyrrole nitrogens is 2. The third-order valence-electron chi connectivity index (χ3n) is 6.20. The van der Waals surface area contributed by atoms with Gasteiger partial charge < -0.3 is 60.1 Å². The van der Waals surface area contributed by atoms with Crippen molar-refractivity contribution in [3.63, 3.8) is 0 Å². The van der Waals surface area contributed by atoms with Crippen molar-refractivity contribution in [2.75, 3.05) is 43.7 Å². The summed E-state index contributed by atoms with van der Waals surface area (Å²) in [4.78, 5) is 63.7. The standard InChI is InChI=1S/C11H14N5O4P.C10H14N5O6P.H3N/c1-21(18)4-7-19-3-6(20-7)2-16-5-13-8-9(16)14-11(12)15-10(8)17;11-10-13-8-7(9(16)14-10)12-4-15(8)1-5-2-20-6(21-5)3-22(17,18)19;/h5-7H,2-4H2,1H3,(H2-,12,14,15,17);4-6H,1-3H2,(H2,17,18,19)(H3,11,13,14,16);1H3/p+1. The minimum absolute atomic E-state index is 0. The van der Waals surface area contributed by atoms with Crippen LogP contribution in [0.25, 0.3) is 22.3 Å². The maximum absolute atomic E-state index is 11.7. The van der Waals surface area contributed by atoms with Crippen LogP contribution in [-0.4, -0.2) is 101 Å². The highest BCUT2D eigenvalue weighted by Crippen LogP contribution is 2.33. The van der Waals surface area contributed by atoms with E-state index in [1.165, 1.54) is 12.7 Å². The Morgan fingerprint density at radius 1 is 0.977 bits per heavy atom. The third-order valence-corrected chi connectivity index (χ3v) is 7.77. The van der Waals surface area contributed by atoms with Crippen molar-refractivity contribution in [1.29, 1.82) is 0 Å². The van der Waals surface area contributed by atoms with E-state index in [1.807, 2.05) is 0 Å². The number of fused-ring (bicyclic) bond motifs is 2. The average Bonchev–Trinajstić information content (AvgIpc) is 3.68. The second-order valence-electron chi connectivity index (χ2n) is 9.71. The van der Waals surface area contributed by atoms with Crippen LogP contribution in [0.2, 0.25) is 0 Å². The summed E-state index contributed by atoms with van der Waals surface area (Å²) in [5, 5.41) is 0. The molecule has 21 nitrogen and oxygen atoms in total. The smallest absolute Gasteiger partial charge is 0.340 e. The number of hydrogen-bond acceptors (Lipinski definition) is 15. The summed E-state index contributed by atoms with van der Waals surface area (Å²) in [7, 11) is -5.77. The normalized spacial score (nSPS) is 23.2. The number of anilines is 2. The number of imidazole rings is 2. The maximum atomic E-state index is 11.7. The van der Waals surface area contributed by atoms with Gasteiger partial charge in [0.05, 0.1) is 45.1 Å². The van der Waals surface area contributed by atoms with Gasteiger partial charge in [-0.15, -0.1) is 0 Å². The number of aromatic amines is 2. The number of nitrogen functional groups attached to an aromatic ring is 2. The maximum Gasteiger partial charge on any atom is 0.340 e. The van der Waals surface area contributed by atoms with Crippen molar-refractivity contribution >= 4 is 49.6 Å². The number of rotatable bonds is 8. The van der Waals surface area contributed by atoms with Crippen LogP contribution >= 0.6 is 15.4 Å². The Hall–Kier alpha value is -3.65. The molecule has 2 saturated heterocycles. The molecule has 4 aromatic heterocycles. The van der Waals surface area contributed by atoms with Crippen LogP contribution in [0.15, 0.2) is 22.2 Å². The monoisotopic (exact) mass is 660 g/mol. The first-order chi connectivity index (χ1) is 20.3. The van der Waals surface area contributed by atoms with Gasteiger partial charge in [-0.05, 0) is 0 Å². The van der Waals surface area contributed by atoms with Gasteiger partial charge in [-0.2, -0.15) is 9.97 Å². The summed E-state index contributed by atoms with van der Waals surface area (Å²) in [6.07, 6.45) is 0.562. The molecule has 11 N–H and O–H groups in total. The summed E-state index contributed by atoms with van der Waals surface area (Å²) in [5.74, 6) is 0.00647. The van der Waals surface area contributed by atoms with Crippen molar-refractivity contribution in [1.82, 2.24) is 45.2 Å². The molecule has 2 fully saturated rings. The quantitative estimate of drug-likeness (QED) is 0.114. The Kier molecular flexibility index (Phi) is 10.2. The Morgan fingerprint density at radius 2 is 1.43 bits per heavy atom. The van der Waals surface area contributed by atoms with Crippen LogP contribution in [-0.2, 0) is 41.2 Å². The summed E-state index contributed by atoms with van der Waals surface area (Å²) in [6, 6.07) is 0. The Labute approximate surface area is 247 Å². The molecule has 0 spiro atoms. The van der Waals surface area contributed by atoms with Gasteiger partial charge in [0.15, 0.2) is 34.8 Å². The fourth-order valence-electron chi connectivity index (χ4n) is 4.44. The molecule has 6 unspecified atom stereocenters. The van der Waals surface area contributed by atoms with Gasteiger partial charge in [0.2, 0.25) is 18.2 Å². The van der Waals surface area contributed by atoms with Gasteiger partial charge in [-0.25, -0.2) is 9.97 Å².